The summed E-state index contributed by atoms with van der Waals surface area (Å²) in [5.41, 5.74) is -1.57. The van der Waals surface area contributed by atoms with Gasteiger partial charge in [0, 0.05) is 0 Å². The van der Waals surface area contributed by atoms with Crippen LogP contribution < -0.4 is 5.32 Å². The van der Waals surface area contributed by atoms with Crippen LogP contribution in [0.1, 0.15) is 6.92 Å². The Labute approximate surface area is 137 Å². The number of carbonyl (C=O) groups excluding carboxylic acids is 2. The highest BCUT2D eigenvalue weighted by Gasteiger charge is 2.26. The molecule has 0 heterocycles. The number of benzene rings is 1. The number of nitrogens with zero attached hydrogens (tertiary/aromatic N) is 3. The number of ether oxygens (including phenoxy) is 1. The number of hydrogen-bond acceptors (Lipinski definition) is 6. The molecule has 0 aliphatic heterocycles. The van der Waals surface area contributed by atoms with Crippen LogP contribution in [0.25, 0.3) is 0 Å². The Morgan fingerprint density at radius 3 is 2.12 bits per heavy atom. The molecule has 134 valence electrons. The molecule has 2 amide bonds. The molecule has 1 aromatic rings. The van der Waals surface area contributed by atoms with Gasteiger partial charge in [0.15, 0.2) is 29.0 Å². The molecule has 0 saturated carbocycles. The lowest BCUT2D eigenvalue weighted by molar-refractivity contribution is -0.122. The van der Waals surface area contributed by atoms with E-state index in [0.29, 0.717) is 0 Å². The molecule has 0 spiro atoms. The van der Waals surface area contributed by atoms with Crippen molar-refractivity contribution in [3.05, 3.63) is 29.1 Å². The molecular weight excluding hydrogens is 355 g/mol. The minimum Gasteiger partial charge on any atom is -0.450 e. The number of alkyl carbamates (subject to hydrolysis) is 1. The number of amides is 2. The highest BCUT2D eigenvalue weighted by atomic mass is 19.2. The van der Waals surface area contributed by atoms with E-state index in [1.54, 1.807) is 5.32 Å². The summed E-state index contributed by atoms with van der Waals surface area (Å²) >= 11 is 0. The predicted octanol–water partition coefficient (Wildman–Crippen LogP) is 2.88. The Bertz CT molecular complexity index is 734. The van der Waals surface area contributed by atoms with E-state index in [-0.39, 0.29) is 6.61 Å². The summed E-state index contributed by atoms with van der Waals surface area (Å²) in [7, 11) is 0. The van der Waals surface area contributed by atoms with Crippen molar-refractivity contribution in [3.63, 3.8) is 0 Å². The molecular formula is C13H9F5N4O3. The number of rotatable bonds is 5. The van der Waals surface area contributed by atoms with Gasteiger partial charge in [-0.05, 0) is 6.92 Å². The topological polar surface area (TPSA) is 104 Å². The van der Waals surface area contributed by atoms with E-state index >= 15 is 0 Å². The maximum atomic E-state index is 13.3. The minimum absolute atomic E-state index is 0.0453. The molecule has 0 radical (unpaired) electrons. The Morgan fingerprint density at radius 1 is 1.12 bits per heavy atom. The summed E-state index contributed by atoms with van der Waals surface area (Å²) in [6.07, 6.45) is -1.13. The first-order valence-electron chi connectivity index (χ1n) is 6.50. The second kappa shape index (κ2) is 8.67. The summed E-state index contributed by atoms with van der Waals surface area (Å²) in [6, 6.07) is 1.43. The van der Waals surface area contributed by atoms with Crippen molar-refractivity contribution in [1.82, 2.24) is 5.32 Å². The zero-order valence-electron chi connectivity index (χ0n) is 12.4. The van der Waals surface area contributed by atoms with Crippen molar-refractivity contribution >= 4 is 17.7 Å². The highest BCUT2D eigenvalue weighted by Crippen LogP contribution is 2.29. The standard InChI is InChI=1S/C13H9F5N4O3/c1-2-25-13(24)21-12(23)5(3-19)4-20-22-11-9(17)7(15)6(14)8(16)10(11)18/h5H,2,4H2,1H3,(H,21,23,24). The summed E-state index contributed by atoms with van der Waals surface area (Å²) in [6.45, 7) is 0.613. The minimum atomic E-state index is -2.36. The number of azo groups is 1. The number of hydrogen-bond donors (Lipinski definition) is 1. The number of nitrogens with one attached hydrogen (secondary N) is 1. The van der Waals surface area contributed by atoms with Gasteiger partial charge in [-0.15, -0.1) is 5.11 Å². The third-order valence-corrected chi connectivity index (χ3v) is 2.59. The van der Waals surface area contributed by atoms with E-state index in [4.69, 9.17) is 5.26 Å². The molecule has 0 saturated heterocycles. The van der Waals surface area contributed by atoms with Crippen LogP contribution in [0.4, 0.5) is 32.4 Å². The molecule has 1 rings (SSSR count). The molecule has 0 aliphatic carbocycles. The third kappa shape index (κ3) is 4.69. The molecule has 0 aromatic heterocycles. The van der Waals surface area contributed by atoms with E-state index in [1.807, 2.05) is 0 Å². The van der Waals surface area contributed by atoms with Gasteiger partial charge in [-0.2, -0.15) is 10.4 Å². The first kappa shape index (κ1) is 19.9. The first-order valence-corrected chi connectivity index (χ1v) is 6.50. The largest absolute Gasteiger partial charge is 0.450 e. The zero-order valence-corrected chi connectivity index (χ0v) is 12.4. The van der Waals surface area contributed by atoms with Crippen LogP contribution in [0.3, 0.4) is 0 Å². The van der Waals surface area contributed by atoms with Crippen LogP contribution in [-0.4, -0.2) is 25.2 Å². The van der Waals surface area contributed by atoms with Gasteiger partial charge in [0.2, 0.25) is 11.7 Å². The van der Waals surface area contributed by atoms with Crippen LogP contribution in [-0.2, 0) is 9.53 Å². The molecule has 0 bridgehead atoms. The molecule has 1 unspecified atom stereocenters. The average molecular weight is 364 g/mol. The number of imide groups is 1. The molecule has 12 heteroatoms. The van der Waals surface area contributed by atoms with Crippen molar-refractivity contribution in [2.45, 2.75) is 6.92 Å². The van der Waals surface area contributed by atoms with E-state index < -0.39 is 59.2 Å². The Balaban J connectivity index is 2.91. The fourth-order valence-corrected chi connectivity index (χ4v) is 1.41. The zero-order chi connectivity index (χ0) is 19.1. The van der Waals surface area contributed by atoms with Crippen LogP contribution >= 0.6 is 0 Å². The van der Waals surface area contributed by atoms with Crippen molar-refractivity contribution in [3.8, 4) is 6.07 Å². The van der Waals surface area contributed by atoms with Gasteiger partial charge in [-0.3, -0.25) is 10.1 Å². The Morgan fingerprint density at radius 2 is 1.64 bits per heavy atom. The van der Waals surface area contributed by atoms with Gasteiger partial charge >= 0.3 is 6.09 Å². The fourth-order valence-electron chi connectivity index (χ4n) is 1.41. The van der Waals surface area contributed by atoms with E-state index in [9.17, 15) is 31.5 Å². The fraction of sp³-hybridized carbons (Fsp3) is 0.308. The van der Waals surface area contributed by atoms with Crippen LogP contribution in [0, 0.1) is 46.3 Å². The monoisotopic (exact) mass is 364 g/mol. The van der Waals surface area contributed by atoms with Crippen molar-refractivity contribution in [1.29, 1.82) is 5.26 Å². The summed E-state index contributed by atoms with van der Waals surface area (Å²) < 4.78 is 69.9. The molecule has 1 N–H and O–H groups in total. The number of halogens is 5. The summed E-state index contributed by atoms with van der Waals surface area (Å²) in [5, 5.41) is 16.4. The van der Waals surface area contributed by atoms with Gasteiger partial charge < -0.3 is 4.74 Å². The maximum Gasteiger partial charge on any atom is 0.413 e. The lowest BCUT2D eigenvalue weighted by atomic mass is 10.1. The summed E-state index contributed by atoms with van der Waals surface area (Å²) in [5.74, 6) is -14.0. The molecule has 1 aromatic carbocycles. The Hall–Kier alpha value is -3.10. The summed E-state index contributed by atoms with van der Waals surface area (Å²) in [4.78, 5) is 22.6. The number of carbonyl (C=O) groups is 2. The van der Waals surface area contributed by atoms with Crippen molar-refractivity contribution in [2.24, 2.45) is 16.1 Å². The molecule has 25 heavy (non-hydrogen) atoms. The second-order valence-corrected chi connectivity index (χ2v) is 4.23. The molecule has 1 atom stereocenters. The van der Waals surface area contributed by atoms with E-state index in [2.05, 4.69) is 15.0 Å². The van der Waals surface area contributed by atoms with Gasteiger partial charge in [-0.1, -0.05) is 0 Å². The van der Waals surface area contributed by atoms with Crippen LogP contribution in [0.2, 0.25) is 0 Å². The molecule has 0 aliphatic rings. The Kier molecular flexibility index (Phi) is 6.92. The van der Waals surface area contributed by atoms with Crippen LogP contribution in [0.15, 0.2) is 10.2 Å². The van der Waals surface area contributed by atoms with Gasteiger partial charge in [0.25, 0.3) is 0 Å². The third-order valence-electron chi connectivity index (χ3n) is 2.59. The lowest BCUT2D eigenvalue weighted by Crippen LogP contribution is -2.36. The molecule has 7 nitrogen and oxygen atoms in total. The van der Waals surface area contributed by atoms with Gasteiger partial charge in [0.1, 0.15) is 5.92 Å². The quantitative estimate of drug-likeness (QED) is 0.375. The predicted molar refractivity (Wildman–Crippen MR) is 69.9 cm³/mol. The van der Waals surface area contributed by atoms with Gasteiger partial charge in [-0.25, -0.2) is 26.7 Å². The maximum absolute atomic E-state index is 13.3. The lowest BCUT2D eigenvalue weighted by Gasteiger charge is -2.06. The second-order valence-electron chi connectivity index (χ2n) is 4.23. The van der Waals surface area contributed by atoms with Crippen molar-refractivity contribution in [2.75, 3.05) is 13.2 Å². The van der Waals surface area contributed by atoms with Crippen molar-refractivity contribution < 1.29 is 36.3 Å². The average Bonchev–Trinajstić information content (AvgIpc) is 2.57. The van der Waals surface area contributed by atoms with E-state index in [1.165, 1.54) is 13.0 Å². The highest BCUT2D eigenvalue weighted by molar-refractivity contribution is 5.94. The van der Waals surface area contributed by atoms with Crippen LogP contribution in [0.5, 0.6) is 0 Å². The van der Waals surface area contributed by atoms with Gasteiger partial charge in [0.05, 0.1) is 19.2 Å². The normalized spacial score (nSPS) is 11.9. The van der Waals surface area contributed by atoms with E-state index in [0.717, 1.165) is 0 Å². The smallest absolute Gasteiger partial charge is 0.413 e. The molecule has 0 fully saturated rings. The SMILES string of the molecule is CCOC(=O)NC(=O)C(C#N)CN=Nc1c(F)c(F)c(F)c(F)c1F. The number of nitriles is 1. The first-order chi connectivity index (χ1) is 11.7.